The van der Waals surface area contributed by atoms with E-state index < -0.39 is 0 Å². The van der Waals surface area contributed by atoms with Gasteiger partial charge in [-0.3, -0.25) is 4.99 Å². The van der Waals surface area contributed by atoms with Gasteiger partial charge in [0.15, 0.2) is 5.96 Å². The van der Waals surface area contributed by atoms with Gasteiger partial charge in [-0.2, -0.15) is 0 Å². The van der Waals surface area contributed by atoms with Crippen molar-refractivity contribution in [2.45, 2.75) is 13.5 Å². The topological polar surface area (TPSA) is 61.8 Å². The van der Waals surface area contributed by atoms with Gasteiger partial charge in [-0.1, -0.05) is 0 Å². The third-order valence-electron chi connectivity index (χ3n) is 2.76. The molecule has 122 valence electrons. The summed E-state index contributed by atoms with van der Waals surface area (Å²) in [4.78, 5) is 12.0. The molecule has 0 aliphatic heterocycles. The van der Waals surface area contributed by atoms with Crippen LogP contribution in [0, 0.1) is 6.92 Å². The average Bonchev–Trinajstić information content (AvgIpc) is 2.86. The van der Waals surface area contributed by atoms with Crippen LogP contribution >= 0.6 is 35.3 Å². The number of nitrogens with one attached hydrogen (secondary N) is 2. The highest BCUT2D eigenvalue weighted by Crippen LogP contribution is 2.10. The molecule has 0 aliphatic carbocycles. The first kappa shape index (κ1) is 20.6. The first-order valence-corrected chi connectivity index (χ1v) is 7.50. The molecule has 1 aromatic rings. The summed E-state index contributed by atoms with van der Waals surface area (Å²) in [6.45, 7) is 6.24. The zero-order chi connectivity index (χ0) is 14.8. The summed E-state index contributed by atoms with van der Waals surface area (Å²) in [7, 11) is 5.57. The Morgan fingerprint density at radius 1 is 1.43 bits per heavy atom. The number of aromatic nitrogens is 1. The Bertz CT molecular complexity index is 413. The Hall–Kier alpha value is -0.450. The predicted molar refractivity (Wildman–Crippen MR) is 99.8 cm³/mol. The number of aryl methyl sites for hydroxylation is 1. The lowest BCUT2D eigenvalue weighted by Gasteiger charge is -2.17. The van der Waals surface area contributed by atoms with Crippen LogP contribution in [0.2, 0.25) is 0 Å². The molecule has 0 amide bonds. The number of likely N-dealkylation sites (N-methyl/N-ethyl adjacent to an activating group) is 1. The maximum atomic E-state index is 5.05. The molecule has 1 heterocycles. The standard InChI is InChI=1S/C13H25N5OS.HI/c1-11-9-16-12(20-11)10-17-13(14-2)15-5-6-18(3)7-8-19-4;/h9H,5-8,10H2,1-4H3,(H2,14,15,17);1H. The van der Waals surface area contributed by atoms with E-state index in [1.54, 1.807) is 25.5 Å². The van der Waals surface area contributed by atoms with Crippen molar-refractivity contribution in [3.05, 3.63) is 16.1 Å². The third kappa shape index (κ3) is 9.22. The van der Waals surface area contributed by atoms with Crippen molar-refractivity contribution < 1.29 is 4.74 Å². The Morgan fingerprint density at radius 3 is 2.76 bits per heavy atom. The molecular formula is C13H26IN5OS. The molecule has 8 heteroatoms. The molecule has 0 bridgehead atoms. The second-order valence-electron chi connectivity index (χ2n) is 4.51. The van der Waals surface area contributed by atoms with E-state index in [0.717, 1.165) is 37.2 Å². The van der Waals surface area contributed by atoms with Gasteiger partial charge in [0.2, 0.25) is 0 Å². The van der Waals surface area contributed by atoms with E-state index in [1.165, 1.54) is 4.88 Å². The monoisotopic (exact) mass is 427 g/mol. The number of ether oxygens (including phenoxy) is 1. The van der Waals surface area contributed by atoms with Gasteiger partial charge >= 0.3 is 0 Å². The number of thiazole rings is 1. The number of guanidine groups is 1. The lowest BCUT2D eigenvalue weighted by Crippen LogP contribution is -2.41. The van der Waals surface area contributed by atoms with Crippen molar-refractivity contribution in [3.8, 4) is 0 Å². The van der Waals surface area contributed by atoms with E-state index >= 15 is 0 Å². The minimum absolute atomic E-state index is 0. The number of methoxy groups -OCH3 is 1. The van der Waals surface area contributed by atoms with Crippen molar-refractivity contribution in [3.63, 3.8) is 0 Å². The van der Waals surface area contributed by atoms with Crippen LogP contribution in [0.15, 0.2) is 11.2 Å². The number of nitrogens with zero attached hydrogens (tertiary/aromatic N) is 3. The molecule has 0 aromatic carbocycles. The first-order valence-electron chi connectivity index (χ1n) is 6.69. The van der Waals surface area contributed by atoms with Crippen LogP contribution in [0.4, 0.5) is 0 Å². The van der Waals surface area contributed by atoms with Gasteiger partial charge in [0.1, 0.15) is 5.01 Å². The predicted octanol–water partition coefficient (Wildman–Crippen LogP) is 1.31. The number of aliphatic imine (C=N–C) groups is 1. The van der Waals surface area contributed by atoms with E-state index in [4.69, 9.17) is 4.74 Å². The molecule has 0 spiro atoms. The average molecular weight is 427 g/mol. The number of hydrogen-bond acceptors (Lipinski definition) is 5. The number of hydrogen-bond donors (Lipinski definition) is 2. The quantitative estimate of drug-likeness (QED) is 0.372. The van der Waals surface area contributed by atoms with Gasteiger partial charge in [-0.15, -0.1) is 35.3 Å². The van der Waals surface area contributed by atoms with Gasteiger partial charge in [-0.05, 0) is 14.0 Å². The largest absolute Gasteiger partial charge is 0.383 e. The second-order valence-corrected chi connectivity index (χ2v) is 5.83. The molecule has 1 aromatic heterocycles. The van der Waals surface area contributed by atoms with Crippen LogP contribution in [-0.2, 0) is 11.3 Å². The van der Waals surface area contributed by atoms with Crippen molar-refractivity contribution in [1.82, 2.24) is 20.5 Å². The van der Waals surface area contributed by atoms with Crippen molar-refractivity contribution in [1.29, 1.82) is 0 Å². The van der Waals surface area contributed by atoms with E-state index in [0.29, 0.717) is 6.54 Å². The highest BCUT2D eigenvalue weighted by Gasteiger charge is 2.02. The van der Waals surface area contributed by atoms with Crippen LogP contribution in [0.1, 0.15) is 9.88 Å². The number of halogens is 1. The summed E-state index contributed by atoms with van der Waals surface area (Å²) in [5, 5.41) is 7.62. The van der Waals surface area contributed by atoms with Crippen LogP contribution in [-0.4, -0.2) is 63.3 Å². The minimum atomic E-state index is 0. The van der Waals surface area contributed by atoms with Gasteiger partial charge in [0.05, 0.1) is 13.2 Å². The van der Waals surface area contributed by atoms with Gasteiger partial charge in [0, 0.05) is 44.9 Å². The zero-order valence-corrected chi connectivity index (χ0v) is 16.3. The molecule has 0 atom stereocenters. The molecule has 21 heavy (non-hydrogen) atoms. The molecule has 0 unspecified atom stereocenters. The van der Waals surface area contributed by atoms with E-state index in [-0.39, 0.29) is 24.0 Å². The van der Waals surface area contributed by atoms with Crippen molar-refractivity contribution in [2.24, 2.45) is 4.99 Å². The van der Waals surface area contributed by atoms with Gasteiger partial charge in [-0.25, -0.2) is 4.98 Å². The Labute approximate surface area is 148 Å². The Kier molecular flexibility index (Phi) is 11.9. The van der Waals surface area contributed by atoms with E-state index in [1.807, 2.05) is 6.20 Å². The SMILES string of the molecule is CN=C(NCCN(C)CCOC)NCc1ncc(C)s1.I. The summed E-state index contributed by atoms with van der Waals surface area (Å²) in [6.07, 6.45) is 1.89. The Morgan fingerprint density at radius 2 is 2.19 bits per heavy atom. The first-order chi connectivity index (χ1) is 9.65. The summed E-state index contributed by atoms with van der Waals surface area (Å²) in [5.41, 5.74) is 0. The van der Waals surface area contributed by atoms with E-state index in [9.17, 15) is 0 Å². The molecule has 2 N–H and O–H groups in total. The highest BCUT2D eigenvalue weighted by molar-refractivity contribution is 14.0. The van der Waals surface area contributed by atoms with Crippen LogP contribution in [0.5, 0.6) is 0 Å². The van der Waals surface area contributed by atoms with E-state index in [2.05, 4.69) is 39.5 Å². The molecule has 0 fully saturated rings. The molecule has 6 nitrogen and oxygen atoms in total. The number of rotatable bonds is 8. The lowest BCUT2D eigenvalue weighted by molar-refractivity contribution is 0.162. The fourth-order valence-electron chi connectivity index (χ4n) is 1.59. The smallest absolute Gasteiger partial charge is 0.191 e. The zero-order valence-electron chi connectivity index (χ0n) is 13.2. The summed E-state index contributed by atoms with van der Waals surface area (Å²) in [6, 6.07) is 0. The molecular weight excluding hydrogens is 401 g/mol. The third-order valence-corrected chi connectivity index (χ3v) is 3.68. The van der Waals surface area contributed by atoms with Gasteiger partial charge in [0.25, 0.3) is 0 Å². The van der Waals surface area contributed by atoms with Gasteiger partial charge < -0.3 is 20.3 Å². The maximum Gasteiger partial charge on any atom is 0.191 e. The second kappa shape index (κ2) is 12.1. The summed E-state index contributed by atoms with van der Waals surface area (Å²) >= 11 is 1.70. The van der Waals surface area contributed by atoms with Crippen molar-refractivity contribution in [2.75, 3.05) is 47.4 Å². The van der Waals surface area contributed by atoms with Crippen LogP contribution < -0.4 is 10.6 Å². The molecule has 0 saturated heterocycles. The lowest BCUT2D eigenvalue weighted by atomic mass is 10.5. The van der Waals surface area contributed by atoms with Crippen molar-refractivity contribution >= 4 is 41.3 Å². The van der Waals surface area contributed by atoms with Crippen LogP contribution in [0.3, 0.4) is 0 Å². The molecule has 0 aliphatic rings. The molecule has 0 radical (unpaired) electrons. The summed E-state index contributed by atoms with van der Waals surface area (Å²) < 4.78 is 5.05. The maximum absolute atomic E-state index is 5.05. The summed E-state index contributed by atoms with van der Waals surface area (Å²) in [5.74, 6) is 0.804. The fourth-order valence-corrected chi connectivity index (χ4v) is 2.31. The molecule has 0 saturated carbocycles. The minimum Gasteiger partial charge on any atom is -0.383 e. The Balaban J connectivity index is 0.00000400. The fraction of sp³-hybridized carbons (Fsp3) is 0.692. The molecule has 1 rings (SSSR count). The van der Waals surface area contributed by atoms with Crippen LogP contribution in [0.25, 0.3) is 0 Å². The highest BCUT2D eigenvalue weighted by atomic mass is 127. The normalized spacial score (nSPS) is 11.4.